The van der Waals surface area contributed by atoms with E-state index in [2.05, 4.69) is 33.8 Å². The molecule has 0 amide bonds. The van der Waals surface area contributed by atoms with E-state index in [-0.39, 0.29) is 0 Å². The molecule has 0 unspecified atom stereocenters. The summed E-state index contributed by atoms with van der Waals surface area (Å²) in [6.07, 6.45) is 4.01. The van der Waals surface area contributed by atoms with Crippen molar-refractivity contribution in [3.05, 3.63) is 30.3 Å². The molecule has 5 heteroatoms. The zero-order valence-electron chi connectivity index (χ0n) is 12.4. The van der Waals surface area contributed by atoms with E-state index < -0.39 is 0 Å². The molecule has 1 fully saturated rings. The van der Waals surface area contributed by atoms with Crippen LogP contribution >= 0.6 is 11.8 Å². The Kier molecular flexibility index (Phi) is 4.93. The van der Waals surface area contributed by atoms with Crippen molar-refractivity contribution in [1.82, 2.24) is 14.8 Å². The minimum atomic E-state index is 0.367. The fraction of sp³-hybridized carbons (Fsp3) is 0.500. The van der Waals surface area contributed by atoms with Gasteiger partial charge in [0.05, 0.1) is 6.10 Å². The van der Waals surface area contributed by atoms with Crippen LogP contribution < -0.4 is 0 Å². The molecule has 0 radical (unpaired) electrons. The van der Waals surface area contributed by atoms with Crippen LogP contribution in [0, 0.1) is 0 Å². The molecule has 21 heavy (non-hydrogen) atoms. The van der Waals surface area contributed by atoms with E-state index in [1.807, 2.05) is 18.2 Å². The van der Waals surface area contributed by atoms with Crippen molar-refractivity contribution < 1.29 is 4.74 Å². The van der Waals surface area contributed by atoms with Crippen molar-refractivity contribution in [2.45, 2.75) is 44.0 Å². The summed E-state index contributed by atoms with van der Waals surface area (Å²) >= 11 is 1.76. The first-order valence-electron chi connectivity index (χ1n) is 7.61. The average molecular weight is 303 g/mol. The Morgan fingerprint density at radius 2 is 2.10 bits per heavy atom. The van der Waals surface area contributed by atoms with Gasteiger partial charge in [0.2, 0.25) is 0 Å². The zero-order valence-corrected chi connectivity index (χ0v) is 13.2. The molecule has 1 aliphatic rings. The van der Waals surface area contributed by atoms with Crippen LogP contribution in [0.25, 0.3) is 11.4 Å². The van der Waals surface area contributed by atoms with Crippen molar-refractivity contribution in [3.63, 3.8) is 0 Å². The fourth-order valence-electron chi connectivity index (χ4n) is 2.59. The minimum Gasteiger partial charge on any atom is -0.377 e. The lowest BCUT2D eigenvalue weighted by Gasteiger charge is -2.21. The number of hydrogen-bond acceptors (Lipinski definition) is 4. The molecule has 3 rings (SSSR count). The van der Waals surface area contributed by atoms with Crippen molar-refractivity contribution in [3.8, 4) is 11.4 Å². The predicted octanol–water partition coefficient (Wildman–Crippen LogP) is 3.63. The molecule has 1 aromatic heterocycles. The van der Waals surface area contributed by atoms with Gasteiger partial charge in [-0.1, -0.05) is 42.1 Å². The Balaban J connectivity index is 1.72. The zero-order chi connectivity index (χ0) is 14.5. The molecular formula is C16H21N3OS. The second-order valence-electron chi connectivity index (χ2n) is 5.22. The summed E-state index contributed by atoms with van der Waals surface area (Å²) in [6.45, 7) is 3.92. The molecule has 1 aromatic carbocycles. The van der Waals surface area contributed by atoms with Gasteiger partial charge < -0.3 is 9.30 Å². The Labute approximate surface area is 129 Å². The van der Waals surface area contributed by atoms with E-state index in [9.17, 15) is 0 Å². The Morgan fingerprint density at radius 3 is 2.81 bits per heavy atom. The van der Waals surface area contributed by atoms with Crippen molar-refractivity contribution in [2.24, 2.45) is 0 Å². The van der Waals surface area contributed by atoms with Gasteiger partial charge in [-0.2, -0.15) is 0 Å². The third-order valence-electron chi connectivity index (χ3n) is 3.74. The summed E-state index contributed by atoms with van der Waals surface area (Å²) < 4.78 is 7.97. The van der Waals surface area contributed by atoms with Crippen LogP contribution in [0.15, 0.2) is 35.5 Å². The quantitative estimate of drug-likeness (QED) is 0.791. The molecule has 112 valence electrons. The monoisotopic (exact) mass is 303 g/mol. The van der Waals surface area contributed by atoms with Gasteiger partial charge in [-0.15, -0.1) is 10.2 Å². The van der Waals surface area contributed by atoms with E-state index in [4.69, 9.17) is 4.74 Å². The van der Waals surface area contributed by atoms with Crippen molar-refractivity contribution in [1.29, 1.82) is 0 Å². The molecule has 1 atom stereocenters. The highest BCUT2D eigenvalue weighted by Crippen LogP contribution is 2.26. The highest BCUT2D eigenvalue weighted by molar-refractivity contribution is 7.99. The van der Waals surface area contributed by atoms with E-state index in [0.717, 1.165) is 35.4 Å². The fourth-order valence-corrected chi connectivity index (χ4v) is 3.66. The molecule has 0 N–H and O–H groups in total. The molecule has 2 aromatic rings. The normalized spacial score (nSPS) is 18.8. The first-order chi connectivity index (χ1) is 10.4. The van der Waals surface area contributed by atoms with Crippen LogP contribution in [0.3, 0.4) is 0 Å². The van der Waals surface area contributed by atoms with Crippen molar-refractivity contribution >= 4 is 11.8 Å². The average Bonchev–Trinajstić information content (AvgIpc) is 2.97. The Bertz CT molecular complexity index is 564. The first-order valence-corrected chi connectivity index (χ1v) is 8.60. The highest BCUT2D eigenvalue weighted by Gasteiger charge is 2.17. The molecule has 0 bridgehead atoms. The molecule has 2 heterocycles. The van der Waals surface area contributed by atoms with Gasteiger partial charge in [0.1, 0.15) is 0 Å². The van der Waals surface area contributed by atoms with Gasteiger partial charge in [0.25, 0.3) is 0 Å². The van der Waals surface area contributed by atoms with Gasteiger partial charge in [-0.05, 0) is 26.2 Å². The maximum atomic E-state index is 5.79. The molecule has 0 saturated carbocycles. The van der Waals surface area contributed by atoms with E-state index in [0.29, 0.717) is 6.10 Å². The lowest BCUT2D eigenvalue weighted by atomic mass is 10.1. The largest absolute Gasteiger partial charge is 0.377 e. The number of rotatable bonds is 5. The predicted molar refractivity (Wildman–Crippen MR) is 85.4 cm³/mol. The molecule has 0 spiro atoms. The third-order valence-corrected chi connectivity index (χ3v) is 4.84. The lowest BCUT2D eigenvalue weighted by molar-refractivity contribution is 0.0315. The van der Waals surface area contributed by atoms with Crippen LogP contribution in [-0.4, -0.2) is 33.2 Å². The minimum absolute atomic E-state index is 0.367. The molecule has 4 nitrogen and oxygen atoms in total. The maximum Gasteiger partial charge on any atom is 0.191 e. The number of ether oxygens (including phenoxy) is 1. The number of hydrogen-bond donors (Lipinski definition) is 0. The third kappa shape index (κ3) is 3.47. The first kappa shape index (κ1) is 14.6. The molecule has 1 saturated heterocycles. The highest BCUT2D eigenvalue weighted by atomic mass is 32.2. The summed E-state index contributed by atoms with van der Waals surface area (Å²) in [5, 5.41) is 9.73. The van der Waals surface area contributed by atoms with E-state index in [1.165, 1.54) is 19.3 Å². The number of thioether (sulfide) groups is 1. The van der Waals surface area contributed by atoms with Crippen LogP contribution in [0.2, 0.25) is 0 Å². The topological polar surface area (TPSA) is 39.9 Å². The van der Waals surface area contributed by atoms with Crippen LogP contribution in [0.5, 0.6) is 0 Å². The molecule has 0 aliphatic carbocycles. The van der Waals surface area contributed by atoms with Gasteiger partial charge >= 0.3 is 0 Å². The summed E-state index contributed by atoms with van der Waals surface area (Å²) in [7, 11) is 0. The summed E-state index contributed by atoms with van der Waals surface area (Å²) in [5.74, 6) is 1.91. The number of nitrogens with zero attached hydrogens (tertiary/aromatic N) is 3. The van der Waals surface area contributed by atoms with Gasteiger partial charge in [0.15, 0.2) is 11.0 Å². The van der Waals surface area contributed by atoms with Crippen LogP contribution in [0.4, 0.5) is 0 Å². The summed E-state index contributed by atoms with van der Waals surface area (Å²) in [6, 6.07) is 10.2. The Hall–Kier alpha value is -1.33. The van der Waals surface area contributed by atoms with E-state index >= 15 is 0 Å². The standard InChI is InChI=1S/C16H21N3OS/c1-2-19-15(13-8-4-3-5-9-13)17-18-16(19)21-12-14-10-6-7-11-20-14/h3-5,8-9,14H,2,6-7,10-12H2,1H3/t14-/m0/s1. The van der Waals surface area contributed by atoms with Crippen molar-refractivity contribution in [2.75, 3.05) is 12.4 Å². The smallest absolute Gasteiger partial charge is 0.191 e. The number of benzene rings is 1. The lowest BCUT2D eigenvalue weighted by Crippen LogP contribution is -2.21. The number of aromatic nitrogens is 3. The Morgan fingerprint density at radius 1 is 1.24 bits per heavy atom. The van der Waals surface area contributed by atoms with E-state index in [1.54, 1.807) is 11.8 Å². The second-order valence-corrected chi connectivity index (χ2v) is 6.20. The summed E-state index contributed by atoms with van der Waals surface area (Å²) in [5.41, 5.74) is 1.12. The molecular weight excluding hydrogens is 282 g/mol. The summed E-state index contributed by atoms with van der Waals surface area (Å²) in [4.78, 5) is 0. The molecule has 1 aliphatic heterocycles. The van der Waals surface area contributed by atoms with Crippen LogP contribution in [-0.2, 0) is 11.3 Å². The van der Waals surface area contributed by atoms with Gasteiger partial charge in [-0.25, -0.2) is 0 Å². The second kappa shape index (κ2) is 7.09. The van der Waals surface area contributed by atoms with Gasteiger partial charge in [0, 0.05) is 24.5 Å². The van der Waals surface area contributed by atoms with Crippen LogP contribution in [0.1, 0.15) is 26.2 Å². The SMILES string of the molecule is CCn1c(SC[C@@H]2CCCCO2)nnc1-c1ccccc1. The van der Waals surface area contributed by atoms with Gasteiger partial charge in [-0.3, -0.25) is 0 Å². The maximum absolute atomic E-state index is 5.79.